The zero-order chi connectivity index (χ0) is 10.8. The highest BCUT2D eigenvalue weighted by atomic mass is 16.4. The van der Waals surface area contributed by atoms with Gasteiger partial charge in [0.15, 0.2) is 0 Å². The zero-order valence-corrected chi connectivity index (χ0v) is 8.27. The van der Waals surface area contributed by atoms with E-state index in [-0.39, 0.29) is 6.42 Å². The molecule has 0 fully saturated rings. The van der Waals surface area contributed by atoms with Crippen molar-refractivity contribution in [2.45, 2.75) is 6.42 Å². The molecule has 0 aliphatic heterocycles. The Labute approximate surface area is 86.4 Å². The fourth-order valence-corrected chi connectivity index (χ4v) is 1.50. The van der Waals surface area contributed by atoms with Gasteiger partial charge >= 0.3 is 5.97 Å². The summed E-state index contributed by atoms with van der Waals surface area (Å²) in [7, 11) is 1.91. The Balaban J connectivity index is 2.36. The Hall–Kier alpha value is -2.04. The monoisotopic (exact) mass is 205 g/mol. The van der Waals surface area contributed by atoms with E-state index in [1.54, 1.807) is 0 Å². The molecule has 0 atom stereocenters. The van der Waals surface area contributed by atoms with E-state index < -0.39 is 5.97 Å². The number of hydrogen-bond acceptors (Lipinski definition) is 2. The lowest BCUT2D eigenvalue weighted by Gasteiger charge is -1.96. The number of nitrogens with one attached hydrogen (secondary N) is 1. The van der Waals surface area contributed by atoms with Crippen LogP contribution in [0, 0.1) is 0 Å². The van der Waals surface area contributed by atoms with Crippen LogP contribution in [0.3, 0.4) is 0 Å². The topological polar surface area (TPSA) is 70.9 Å². The largest absolute Gasteiger partial charge is 0.481 e. The lowest BCUT2D eigenvalue weighted by atomic mass is 10.1. The minimum atomic E-state index is -0.864. The summed E-state index contributed by atoms with van der Waals surface area (Å²) in [6.07, 6.45) is 5.28. The van der Waals surface area contributed by atoms with Gasteiger partial charge in [-0.05, 0) is 6.07 Å². The number of carboxylic acid groups (broad SMARTS) is 1. The van der Waals surface area contributed by atoms with Gasteiger partial charge in [0.2, 0.25) is 0 Å². The van der Waals surface area contributed by atoms with E-state index in [1.165, 1.54) is 6.33 Å². The summed E-state index contributed by atoms with van der Waals surface area (Å²) >= 11 is 0. The first-order valence-electron chi connectivity index (χ1n) is 4.53. The van der Waals surface area contributed by atoms with E-state index in [1.807, 2.05) is 30.1 Å². The molecule has 5 nitrogen and oxygen atoms in total. The number of aromatic amines is 1. The maximum atomic E-state index is 10.6. The SMILES string of the molecule is Cn1ccc(-c2nc[nH]c2CC(=O)O)c1. The Morgan fingerprint density at radius 1 is 1.67 bits per heavy atom. The quantitative estimate of drug-likeness (QED) is 0.786. The molecule has 15 heavy (non-hydrogen) atoms. The molecule has 2 heterocycles. The maximum absolute atomic E-state index is 10.6. The summed E-state index contributed by atoms with van der Waals surface area (Å²) in [5.41, 5.74) is 2.27. The smallest absolute Gasteiger partial charge is 0.309 e. The second-order valence-electron chi connectivity index (χ2n) is 3.37. The van der Waals surface area contributed by atoms with E-state index >= 15 is 0 Å². The summed E-state index contributed by atoms with van der Waals surface area (Å²) in [6, 6.07) is 1.90. The molecule has 0 saturated heterocycles. The van der Waals surface area contributed by atoms with Crippen LogP contribution < -0.4 is 0 Å². The number of aryl methyl sites for hydroxylation is 1. The van der Waals surface area contributed by atoms with Gasteiger partial charge in [0.25, 0.3) is 0 Å². The molecule has 78 valence electrons. The predicted octanol–water partition coefficient (Wildman–Crippen LogP) is 1.04. The van der Waals surface area contributed by atoms with Gasteiger partial charge in [-0.2, -0.15) is 0 Å². The fourth-order valence-electron chi connectivity index (χ4n) is 1.50. The lowest BCUT2D eigenvalue weighted by molar-refractivity contribution is -0.136. The van der Waals surface area contributed by atoms with Crippen LogP contribution in [0.4, 0.5) is 0 Å². The van der Waals surface area contributed by atoms with Crippen LogP contribution in [0.15, 0.2) is 24.8 Å². The molecule has 0 unspecified atom stereocenters. The molecule has 0 aromatic carbocycles. The minimum absolute atomic E-state index is 0.0375. The predicted molar refractivity (Wildman–Crippen MR) is 54.3 cm³/mol. The summed E-state index contributed by atoms with van der Waals surface area (Å²) in [4.78, 5) is 17.6. The van der Waals surface area contributed by atoms with E-state index in [4.69, 9.17) is 5.11 Å². The van der Waals surface area contributed by atoms with Gasteiger partial charge in [0.05, 0.1) is 24.1 Å². The third-order valence-corrected chi connectivity index (χ3v) is 2.15. The van der Waals surface area contributed by atoms with Crippen LogP contribution >= 0.6 is 0 Å². The van der Waals surface area contributed by atoms with E-state index in [0.717, 1.165) is 5.56 Å². The van der Waals surface area contributed by atoms with Gasteiger partial charge in [-0.15, -0.1) is 0 Å². The highest BCUT2D eigenvalue weighted by Gasteiger charge is 2.11. The molecule has 2 aromatic heterocycles. The number of H-pyrrole nitrogens is 1. The van der Waals surface area contributed by atoms with Crippen LogP contribution in [0.1, 0.15) is 5.69 Å². The number of carboxylic acids is 1. The normalized spacial score (nSPS) is 10.5. The summed E-state index contributed by atoms with van der Waals surface area (Å²) < 4.78 is 1.90. The first kappa shape index (κ1) is 9.51. The van der Waals surface area contributed by atoms with Gasteiger partial charge in [0, 0.05) is 25.0 Å². The van der Waals surface area contributed by atoms with Crippen molar-refractivity contribution in [2.75, 3.05) is 0 Å². The van der Waals surface area contributed by atoms with Crippen molar-refractivity contribution in [3.05, 3.63) is 30.5 Å². The molecule has 2 N–H and O–H groups in total. The van der Waals surface area contributed by atoms with Gasteiger partial charge in [-0.1, -0.05) is 0 Å². The van der Waals surface area contributed by atoms with Crippen LogP contribution in [0.2, 0.25) is 0 Å². The van der Waals surface area contributed by atoms with Crippen LogP contribution in [0.5, 0.6) is 0 Å². The first-order chi connectivity index (χ1) is 7.16. The van der Waals surface area contributed by atoms with Gasteiger partial charge in [-0.3, -0.25) is 4.79 Å². The van der Waals surface area contributed by atoms with Crippen LogP contribution in [0.25, 0.3) is 11.3 Å². The average molecular weight is 205 g/mol. The molecule has 0 radical (unpaired) electrons. The van der Waals surface area contributed by atoms with E-state index in [0.29, 0.717) is 11.4 Å². The van der Waals surface area contributed by atoms with Gasteiger partial charge in [-0.25, -0.2) is 4.98 Å². The lowest BCUT2D eigenvalue weighted by Crippen LogP contribution is -2.01. The third-order valence-electron chi connectivity index (χ3n) is 2.15. The Morgan fingerprint density at radius 2 is 2.47 bits per heavy atom. The number of hydrogen-bond donors (Lipinski definition) is 2. The molecule has 5 heteroatoms. The second-order valence-corrected chi connectivity index (χ2v) is 3.37. The molecular weight excluding hydrogens is 194 g/mol. The van der Waals surface area contributed by atoms with Crippen LogP contribution in [-0.4, -0.2) is 25.6 Å². The van der Waals surface area contributed by atoms with Gasteiger partial charge in [0.1, 0.15) is 0 Å². The number of aromatic nitrogens is 3. The number of nitrogens with zero attached hydrogens (tertiary/aromatic N) is 2. The molecular formula is C10H11N3O2. The molecule has 2 rings (SSSR count). The number of imidazole rings is 1. The molecule has 0 bridgehead atoms. The summed E-state index contributed by atoms with van der Waals surface area (Å²) in [5.74, 6) is -0.864. The van der Waals surface area contributed by atoms with E-state index in [2.05, 4.69) is 9.97 Å². The van der Waals surface area contributed by atoms with Crippen LogP contribution in [-0.2, 0) is 18.3 Å². The van der Waals surface area contributed by atoms with Crippen molar-refractivity contribution < 1.29 is 9.90 Å². The molecule has 0 aliphatic rings. The van der Waals surface area contributed by atoms with E-state index in [9.17, 15) is 4.79 Å². The standard InChI is InChI=1S/C10H11N3O2/c1-13-3-2-7(5-13)10-8(4-9(14)15)11-6-12-10/h2-3,5-6H,4H2,1H3,(H,11,12)(H,14,15). The fraction of sp³-hybridized carbons (Fsp3) is 0.200. The molecule has 0 amide bonds. The maximum Gasteiger partial charge on any atom is 0.309 e. The number of carbonyl (C=O) groups is 1. The Kier molecular flexibility index (Phi) is 2.29. The Morgan fingerprint density at radius 3 is 3.07 bits per heavy atom. The first-order valence-corrected chi connectivity index (χ1v) is 4.53. The summed E-state index contributed by atoms with van der Waals surface area (Å²) in [6.45, 7) is 0. The minimum Gasteiger partial charge on any atom is -0.481 e. The molecule has 0 aliphatic carbocycles. The van der Waals surface area contributed by atoms with Crippen molar-refractivity contribution in [3.63, 3.8) is 0 Å². The molecule has 0 spiro atoms. The van der Waals surface area contributed by atoms with Crippen molar-refractivity contribution in [1.29, 1.82) is 0 Å². The molecule has 0 saturated carbocycles. The molecule has 2 aromatic rings. The number of rotatable bonds is 3. The van der Waals surface area contributed by atoms with Crippen molar-refractivity contribution >= 4 is 5.97 Å². The number of aliphatic carboxylic acids is 1. The van der Waals surface area contributed by atoms with Crippen molar-refractivity contribution in [2.24, 2.45) is 7.05 Å². The average Bonchev–Trinajstić information content (AvgIpc) is 2.72. The highest BCUT2D eigenvalue weighted by Crippen LogP contribution is 2.20. The Bertz CT molecular complexity index is 484. The highest BCUT2D eigenvalue weighted by molar-refractivity contribution is 5.73. The zero-order valence-electron chi connectivity index (χ0n) is 8.27. The van der Waals surface area contributed by atoms with Crippen molar-refractivity contribution in [1.82, 2.24) is 14.5 Å². The van der Waals surface area contributed by atoms with Gasteiger partial charge < -0.3 is 14.7 Å². The van der Waals surface area contributed by atoms with Crippen molar-refractivity contribution in [3.8, 4) is 11.3 Å². The second kappa shape index (κ2) is 3.61. The third kappa shape index (κ3) is 1.90. The summed E-state index contributed by atoms with van der Waals surface area (Å²) in [5, 5.41) is 8.71.